The smallest absolute Gasteiger partial charge is 0.245 e. The van der Waals surface area contributed by atoms with E-state index in [1.165, 1.54) is 0 Å². The molecule has 1 atom stereocenters. The van der Waals surface area contributed by atoms with Gasteiger partial charge in [-0.15, -0.1) is 0 Å². The van der Waals surface area contributed by atoms with Crippen molar-refractivity contribution >= 4 is 11.6 Å². The zero-order chi connectivity index (χ0) is 14.7. The summed E-state index contributed by atoms with van der Waals surface area (Å²) in [6.45, 7) is 0. The number of carbonyl (C=O) groups excluding carboxylic acids is 1. The Bertz CT molecular complexity index is 609. The van der Waals surface area contributed by atoms with Gasteiger partial charge in [0.05, 0.1) is 0 Å². The highest BCUT2D eigenvalue weighted by Crippen LogP contribution is 2.19. The molecule has 0 aliphatic carbocycles. The molecule has 2 rings (SSSR count). The summed E-state index contributed by atoms with van der Waals surface area (Å²) in [5, 5.41) is 2.24. The summed E-state index contributed by atoms with van der Waals surface area (Å²) in [5.41, 5.74) is 6.07. The summed E-state index contributed by atoms with van der Waals surface area (Å²) in [6, 6.07) is 8.86. The van der Waals surface area contributed by atoms with E-state index in [1.54, 1.807) is 30.3 Å². The van der Waals surface area contributed by atoms with Gasteiger partial charge in [0.1, 0.15) is 6.04 Å². The molecule has 3 nitrogen and oxygen atoms in total. The third-order valence-electron chi connectivity index (χ3n) is 2.69. The Morgan fingerprint density at radius 2 is 1.60 bits per heavy atom. The Morgan fingerprint density at radius 3 is 2.15 bits per heavy atom. The summed E-state index contributed by atoms with van der Waals surface area (Å²) in [6.07, 6.45) is 0. The molecule has 1 unspecified atom stereocenters. The van der Waals surface area contributed by atoms with Crippen LogP contribution in [0.2, 0.25) is 0 Å². The summed E-state index contributed by atoms with van der Waals surface area (Å²) < 4.78 is 38.8. The van der Waals surface area contributed by atoms with Crippen LogP contribution in [0.15, 0.2) is 42.5 Å². The average molecular weight is 280 g/mol. The van der Waals surface area contributed by atoms with E-state index in [-0.39, 0.29) is 5.69 Å². The molecule has 0 aliphatic heterocycles. The van der Waals surface area contributed by atoms with Gasteiger partial charge in [0.2, 0.25) is 5.91 Å². The molecule has 2 aromatic rings. The van der Waals surface area contributed by atoms with Gasteiger partial charge in [0.15, 0.2) is 17.5 Å². The van der Waals surface area contributed by atoms with E-state index in [1.807, 2.05) is 0 Å². The molecule has 0 aliphatic rings. The zero-order valence-corrected chi connectivity index (χ0v) is 10.2. The molecular weight excluding hydrogens is 269 g/mol. The number of carbonyl (C=O) groups is 1. The van der Waals surface area contributed by atoms with Gasteiger partial charge in [0.25, 0.3) is 0 Å². The van der Waals surface area contributed by atoms with E-state index in [2.05, 4.69) is 5.32 Å². The standard InChI is InChI=1S/C14H11F3N2O/c15-10-6-9(7-11(16)12(10)17)19-14(20)13(18)8-4-2-1-3-5-8/h1-7,13H,18H2,(H,19,20). The van der Waals surface area contributed by atoms with Crippen LogP contribution in [0, 0.1) is 17.5 Å². The first kappa shape index (κ1) is 14.1. The van der Waals surface area contributed by atoms with Crippen molar-refractivity contribution in [1.29, 1.82) is 0 Å². The minimum atomic E-state index is -1.59. The number of hydrogen-bond acceptors (Lipinski definition) is 2. The number of rotatable bonds is 3. The van der Waals surface area contributed by atoms with Gasteiger partial charge in [-0.1, -0.05) is 30.3 Å². The van der Waals surface area contributed by atoms with Crippen LogP contribution in [0.4, 0.5) is 18.9 Å². The molecule has 3 N–H and O–H groups in total. The highest BCUT2D eigenvalue weighted by Gasteiger charge is 2.17. The van der Waals surface area contributed by atoms with E-state index in [4.69, 9.17) is 5.73 Å². The number of anilines is 1. The predicted molar refractivity (Wildman–Crippen MR) is 68.3 cm³/mol. The number of benzene rings is 2. The Morgan fingerprint density at radius 1 is 1.05 bits per heavy atom. The van der Waals surface area contributed by atoms with E-state index in [9.17, 15) is 18.0 Å². The highest BCUT2D eigenvalue weighted by molar-refractivity contribution is 5.95. The second-order valence-electron chi connectivity index (χ2n) is 4.13. The Hall–Kier alpha value is -2.34. The number of nitrogens with two attached hydrogens (primary N) is 1. The first-order valence-corrected chi connectivity index (χ1v) is 5.75. The van der Waals surface area contributed by atoms with E-state index >= 15 is 0 Å². The molecule has 0 saturated carbocycles. The van der Waals surface area contributed by atoms with Gasteiger partial charge in [-0.3, -0.25) is 4.79 Å². The quantitative estimate of drug-likeness (QED) is 0.849. The van der Waals surface area contributed by atoms with Gasteiger partial charge in [0, 0.05) is 17.8 Å². The molecule has 20 heavy (non-hydrogen) atoms. The van der Waals surface area contributed by atoms with Crippen LogP contribution in [-0.4, -0.2) is 5.91 Å². The molecule has 1 amide bonds. The number of nitrogens with one attached hydrogen (secondary N) is 1. The maximum Gasteiger partial charge on any atom is 0.245 e. The lowest BCUT2D eigenvalue weighted by Gasteiger charge is -2.12. The molecule has 2 aromatic carbocycles. The van der Waals surface area contributed by atoms with Crippen molar-refractivity contribution in [2.75, 3.05) is 5.32 Å². The number of halogens is 3. The van der Waals surface area contributed by atoms with Crippen LogP contribution in [0.3, 0.4) is 0 Å². The SMILES string of the molecule is NC(C(=O)Nc1cc(F)c(F)c(F)c1)c1ccccc1. The molecule has 0 radical (unpaired) electrons. The second-order valence-corrected chi connectivity index (χ2v) is 4.13. The molecule has 0 saturated heterocycles. The van der Waals surface area contributed by atoms with Crippen molar-refractivity contribution in [3.05, 3.63) is 65.5 Å². The van der Waals surface area contributed by atoms with E-state index < -0.39 is 29.4 Å². The molecule has 0 spiro atoms. The minimum absolute atomic E-state index is 0.196. The highest BCUT2D eigenvalue weighted by atomic mass is 19.2. The second kappa shape index (κ2) is 5.75. The fourth-order valence-electron chi connectivity index (χ4n) is 1.66. The summed E-state index contributed by atoms with van der Waals surface area (Å²) in [5.74, 6) is -5.00. The maximum atomic E-state index is 13.0. The summed E-state index contributed by atoms with van der Waals surface area (Å²) >= 11 is 0. The molecule has 0 aromatic heterocycles. The molecule has 0 bridgehead atoms. The molecule has 0 heterocycles. The Balaban J connectivity index is 2.16. The first-order chi connectivity index (χ1) is 9.49. The minimum Gasteiger partial charge on any atom is -0.324 e. The van der Waals surface area contributed by atoms with Crippen molar-refractivity contribution in [2.24, 2.45) is 5.73 Å². The average Bonchev–Trinajstić information content (AvgIpc) is 2.44. The van der Waals surface area contributed by atoms with Gasteiger partial charge < -0.3 is 11.1 Å². The Kier molecular flexibility index (Phi) is 4.05. The maximum absolute atomic E-state index is 13.0. The lowest BCUT2D eigenvalue weighted by atomic mass is 10.1. The molecular formula is C14H11F3N2O. The van der Waals surface area contributed by atoms with E-state index in [0.29, 0.717) is 17.7 Å². The molecule has 6 heteroatoms. The van der Waals surface area contributed by atoms with Crippen LogP contribution in [0.25, 0.3) is 0 Å². The van der Waals surface area contributed by atoms with Crippen LogP contribution in [0.5, 0.6) is 0 Å². The van der Waals surface area contributed by atoms with Crippen LogP contribution >= 0.6 is 0 Å². The van der Waals surface area contributed by atoms with Crippen molar-refractivity contribution < 1.29 is 18.0 Å². The van der Waals surface area contributed by atoms with E-state index in [0.717, 1.165) is 0 Å². The largest absolute Gasteiger partial charge is 0.324 e. The summed E-state index contributed by atoms with van der Waals surface area (Å²) in [7, 11) is 0. The fraction of sp³-hybridized carbons (Fsp3) is 0.0714. The van der Waals surface area contributed by atoms with Gasteiger partial charge in [-0.2, -0.15) is 0 Å². The zero-order valence-electron chi connectivity index (χ0n) is 10.2. The van der Waals surface area contributed by atoms with Crippen molar-refractivity contribution in [3.63, 3.8) is 0 Å². The lowest BCUT2D eigenvalue weighted by molar-refractivity contribution is -0.117. The van der Waals surface area contributed by atoms with Crippen LogP contribution in [-0.2, 0) is 4.79 Å². The number of hydrogen-bond donors (Lipinski definition) is 2. The van der Waals surface area contributed by atoms with Gasteiger partial charge >= 0.3 is 0 Å². The third kappa shape index (κ3) is 2.97. The normalized spacial score (nSPS) is 12.0. The summed E-state index contributed by atoms with van der Waals surface area (Å²) in [4.78, 5) is 11.8. The fourth-order valence-corrected chi connectivity index (χ4v) is 1.66. The van der Waals surface area contributed by atoms with Gasteiger partial charge in [-0.25, -0.2) is 13.2 Å². The van der Waals surface area contributed by atoms with Crippen molar-refractivity contribution in [3.8, 4) is 0 Å². The third-order valence-corrected chi connectivity index (χ3v) is 2.69. The van der Waals surface area contributed by atoms with Gasteiger partial charge in [-0.05, 0) is 5.56 Å². The van der Waals surface area contributed by atoms with Crippen molar-refractivity contribution in [1.82, 2.24) is 0 Å². The molecule has 0 fully saturated rings. The van der Waals surface area contributed by atoms with Crippen LogP contribution < -0.4 is 11.1 Å². The lowest BCUT2D eigenvalue weighted by Crippen LogP contribution is -2.27. The number of amides is 1. The predicted octanol–water partition coefficient (Wildman–Crippen LogP) is 2.74. The molecule has 104 valence electrons. The topological polar surface area (TPSA) is 55.1 Å². The van der Waals surface area contributed by atoms with Crippen LogP contribution in [0.1, 0.15) is 11.6 Å². The first-order valence-electron chi connectivity index (χ1n) is 5.75. The van der Waals surface area contributed by atoms with Crippen molar-refractivity contribution in [2.45, 2.75) is 6.04 Å². The monoisotopic (exact) mass is 280 g/mol. The Labute approximate surface area is 113 Å².